The molecule has 0 aliphatic rings. The molecular formula is C13H14BrClN2OS. The van der Waals surface area contributed by atoms with Gasteiger partial charge < -0.3 is 5.32 Å². The minimum absolute atomic E-state index is 0.0430. The van der Waals surface area contributed by atoms with Gasteiger partial charge in [-0.1, -0.05) is 58.6 Å². The highest BCUT2D eigenvalue weighted by atomic mass is 79.9. The molecule has 0 fully saturated rings. The zero-order chi connectivity index (χ0) is 13.8. The van der Waals surface area contributed by atoms with Crippen LogP contribution in [0, 0.1) is 0 Å². The van der Waals surface area contributed by atoms with Crippen LogP contribution >= 0.6 is 38.9 Å². The van der Waals surface area contributed by atoms with Crippen molar-refractivity contribution < 1.29 is 4.79 Å². The van der Waals surface area contributed by atoms with Crippen molar-refractivity contribution in [1.29, 1.82) is 0 Å². The molecule has 19 heavy (non-hydrogen) atoms. The smallest absolute Gasteiger partial charge is 0.239 e. The summed E-state index contributed by atoms with van der Waals surface area (Å²) in [6.45, 7) is 2.11. The SMILES string of the molecule is CCCC[C@@H](Br)C(=O)Nc1nc2ccc(Cl)cc2s1. The quantitative estimate of drug-likeness (QED) is 0.774. The molecule has 1 aromatic carbocycles. The molecule has 1 atom stereocenters. The number of amides is 1. The third-order valence-electron chi connectivity index (χ3n) is 2.68. The summed E-state index contributed by atoms with van der Waals surface area (Å²) in [7, 11) is 0. The van der Waals surface area contributed by atoms with Crippen LogP contribution in [0.1, 0.15) is 26.2 Å². The molecule has 102 valence electrons. The molecule has 0 bridgehead atoms. The van der Waals surface area contributed by atoms with Gasteiger partial charge in [-0.25, -0.2) is 4.98 Å². The fourth-order valence-electron chi connectivity index (χ4n) is 1.65. The molecule has 0 saturated carbocycles. The van der Waals surface area contributed by atoms with Gasteiger partial charge in [-0.05, 0) is 24.6 Å². The number of hydrogen-bond donors (Lipinski definition) is 1. The lowest BCUT2D eigenvalue weighted by molar-refractivity contribution is -0.115. The number of nitrogens with one attached hydrogen (secondary N) is 1. The third kappa shape index (κ3) is 3.91. The summed E-state index contributed by atoms with van der Waals surface area (Å²) in [6.07, 6.45) is 2.94. The second-order valence-electron chi connectivity index (χ2n) is 4.23. The maximum Gasteiger partial charge on any atom is 0.239 e. The lowest BCUT2D eigenvalue weighted by Gasteiger charge is -2.07. The number of nitrogens with zero attached hydrogens (tertiary/aromatic N) is 1. The van der Waals surface area contributed by atoms with Crippen LogP contribution in [-0.2, 0) is 4.79 Å². The van der Waals surface area contributed by atoms with Gasteiger partial charge in [-0.15, -0.1) is 0 Å². The van der Waals surface area contributed by atoms with Crippen LogP contribution in [0.3, 0.4) is 0 Å². The Morgan fingerprint density at radius 2 is 2.37 bits per heavy atom. The Labute approximate surface area is 129 Å². The van der Waals surface area contributed by atoms with Crippen molar-refractivity contribution in [2.24, 2.45) is 0 Å². The predicted octanol–water partition coefficient (Wildman–Crippen LogP) is 4.84. The predicted molar refractivity (Wildman–Crippen MR) is 85.5 cm³/mol. The fraction of sp³-hybridized carbons (Fsp3) is 0.385. The van der Waals surface area contributed by atoms with Gasteiger partial charge in [0.05, 0.1) is 15.0 Å². The summed E-state index contributed by atoms with van der Waals surface area (Å²) >= 11 is 10.8. The number of carbonyl (C=O) groups is 1. The normalized spacial score (nSPS) is 12.6. The van der Waals surface area contributed by atoms with Crippen molar-refractivity contribution in [3.05, 3.63) is 23.2 Å². The van der Waals surface area contributed by atoms with E-state index >= 15 is 0 Å². The monoisotopic (exact) mass is 360 g/mol. The first-order valence-corrected chi connectivity index (χ1v) is 8.22. The first-order valence-electron chi connectivity index (χ1n) is 6.11. The Balaban J connectivity index is 2.06. The van der Waals surface area contributed by atoms with E-state index < -0.39 is 0 Å². The number of thiazole rings is 1. The highest BCUT2D eigenvalue weighted by Crippen LogP contribution is 2.28. The van der Waals surface area contributed by atoms with Gasteiger partial charge in [-0.2, -0.15) is 0 Å². The van der Waals surface area contributed by atoms with Crippen LogP contribution in [0.2, 0.25) is 5.02 Å². The number of hydrogen-bond acceptors (Lipinski definition) is 3. The molecule has 1 N–H and O–H groups in total. The molecule has 0 aliphatic heterocycles. The van der Waals surface area contributed by atoms with Crippen LogP contribution in [0.5, 0.6) is 0 Å². The van der Waals surface area contributed by atoms with Crippen molar-refractivity contribution in [3.63, 3.8) is 0 Å². The molecule has 0 radical (unpaired) electrons. The number of benzene rings is 1. The number of anilines is 1. The average Bonchev–Trinajstić information content (AvgIpc) is 2.77. The van der Waals surface area contributed by atoms with Crippen LogP contribution < -0.4 is 5.32 Å². The van der Waals surface area contributed by atoms with Gasteiger partial charge >= 0.3 is 0 Å². The van der Waals surface area contributed by atoms with Crippen molar-refractivity contribution >= 4 is 60.1 Å². The van der Waals surface area contributed by atoms with Crippen molar-refractivity contribution in [3.8, 4) is 0 Å². The number of carbonyl (C=O) groups excluding carboxylic acids is 1. The molecule has 0 spiro atoms. The minimum Gasteiger partial charge on any atom is -0.301 e. The minimum atomic E-state index is -0.164. The van der Waals surface area contributed by atoms with Gasteiger partial charge in [0.1, 0.15) is 0 Å². The summed E-state index contributed by atoms with van der Waals surface area (Å²) in [4.78, 5) is 16.1. The molecule has 1 amide bonds. The van der Waals surface area contributed by atoms with E-state index in [0.29, 0.717) is 10.2 Å². The van der Waals surface area contributed by atoms with Crippen molar-refractivity contribution in [2.45, 2.75) is 31.0 Å². The molecule has 6 heteroatoms. The van der Waals surface area contributed by atoms with Crippen LogP contribution in [0.4, 0.5) is 5.13 Å². The number of unbranched alkanes of at least 4 members (excludes halogenated alkanes) is 1. The molecule has 0 unspecified atom stereocenters. The molecule has 1 aromatic heterocycles. The maximum atomic E-state index is 11.9. The number of alkyl halides is 1. The van der Waals surface area contributed by atoms with Crippen LogP contribution in [0.25, 0.3) is 10.2 Å². The second-order valence-corrected chi connectivity index (χ2v) is 6.80. The van der Waals surface area contributed by atoms with E-state index in [2.05, 4.69) is 33.2 Å². The number of fused-ring (bicyclic) bond motifs is 1. The van der Waals surface area contributed by atoms with E-state index in [-0.39, 0.29) is 10.7 Å². The Morgan fingerprint density at radius 3 is 3.11 bits per heavy atom. The highest BCUT2D eigenvalue weighted by Gasteiger charge is 2.16. The molecule has 3 nitrogen and oxygen atoms in total. The van der Waals surface area contributed by atoms with Crippen molar-refractivity contribution in [2.75, 3.05) is 5.32 Å². The van der Waals surface area contributed by atoms with Gasteiger partial charge in [0.2, 0.25) is 5.91 Å². The zero-order valence-corrected chi connectivity index (χ0v) is 13.6. The Hall–Kier alpha value is -0.650. The van der Waals surface area contributed by atoms with E-state index in [1.54, 1.807) is 6.07 Å². The maximum absolute atomic E-state index is 11.9. The van der Waals surface area contributed by atoms with Gasteiger partial charge in [-0.3, -0.25) is 4.79 Å². The summed E-state index contributed by atoms with van der Waals surface area (Å²) < 4.78 is 0.975. The fourth-order valence-corrected chi connectivity index (χ4v) is 3.23. The summed E-state index contributed by atoms with van der Waals surface area (Å²) in [5.74, 6) is -0.0430. The molecule has 0 aliphatic carbocycles. The lowest BCUT2D eigenvalue weighted by atomic mass is 10.2. The topological polar surface area (TPSA) is 42.0 Å². The zero-order valence-electron chi connectivity index (χ0n) is 10.5. The highest BCUT2D eigenvalue weighted by molar-refractivity contribution is 9.10. The van der Waals surface area contributed by atoms with Crippen LogP contribution in [-0.4, -0.2) is 15.7 Å². The average molecular weight is 362 g/mol. The number of aromatic nitrogens is 1. The first kappa shape index (κ1) is 14.8. The molecule has 2 aromatic rings. The molecule has 0 saturated heterocycles. The van der Waals surface area contributed by atoms with E-state index in [4.69, 9.17) is 11.6 Å². The molecule has 2 rings (SSSR count). The lowest BCUT2D eigenvalue weighted by Crippen LogP contribution is -2.22. The first-order chi connectivity index (χ1) is 9.10. The largest absolute Gasteiger partial charge is 0.301 e. The van der Waals surface area contributed by atoms with Gasteiger partial charge in [0.15, 0.2) is 5.13 Å². The van der Waals surface area contributed by atoms with E-state index in [0.717, 1.165) is 29.5 Å². The number of halogens is 2. The molecule has 1 heterocycles. The Morgan fingerprint density at radius 1 is 1.58 bits per heavy atom. The van der Waals surface area contributed by atoms with Crippen LogP contribution in [0.15, 0.2) is 18.2 Å². The van der Waals surface area contributed by atoms with E-state index in [9.17, 15) is 4.79 Å². The van der Waals surface area contributed by atoms with E-state index in [1.807, 2.05) is 12.1 Å². The van der Waals surface area contributed by atoms with Crippen molar-refractivity contribution in [1.82, 2.24) is 4.98 Å². The number of rotatable bonds is 5. The summed E-state index contributed by atoms with van der Waals surface area (Å²) in [6, 6.07) is 5.50. The third-order valence-corrected chi connectivity index (χ3v) is 4.72. The van der Waals surface area contributed by atoms with E-state index in [1.165, 1.54) is 11.3 Å². The Bertz CT molecular complexity index is 587. The standard InChI is InChI=1S/C13H14BrClN2OS/c1-2-3-4-9(14)12(18)17-13-16-10-6-5-8(15)7-11(10)19-13/h5-7,9H,2-4H2,1H3,(H,16,17,18)/t9-/m1/s1. The Kier molecular flexibility index (Phi) is 5.19. The summed E-state index contributed by atoms with van der Waals surface area (Å²) in [5, 5.41) is 4.13. The second kappa shape index (κ2) is 6.68. The molecular weight excluding hydrogens is 348 g/mol. The van der Waals surface area contributed by atoms with Gasteiger partial charge in [0, 0.05) is 5.02 Å². The van der Waals surface area contributed by atoms with Gasteiger partial charge in [0.25, 0.3) is 0 Å². The summed E-state index contributed by atoms with van der Waals surface area (Å²) in [5.41, 5.74) is 0.851.